The highest BCUT2D eigenvalue weighted by molar-refractivity contribution is 7.16. The SMILES string of the molecule is c1ccc(N[C@H]2CCN(c3ncnc4sccc34)C2)cc1. The van der Waals surface area contributed by atoms with E-state index in [1.165, 1.54) is 11.1 Å². The Labute approximate surface area is 127 Å². The number of nitrogens with zero attached hydrogens (tertiary/aromatic N) is 3. The lowest BCUT2D eigenvalue weighted by Crippen LogP contribution is -2.26. The molecular formula is C16H16N4S. The molecule has 0 saturated carbocycles. The average Bonchev–Trinajstić information content (AvgIpc) is 3.16. The molecule has 4 nitrogen and oxygen atoms in total. The molecule has 1 aromatic carbocycles. The summed E-state index contributed by atoms with van der Waals surface area (Å²) < 4.78 is 0. The molecule has 1 N–H and O–H groups in total. The Morgan fingerprint density at radius 1 is 1.14 bits per heavy atom. The number of thiophene rings is 1. The maximum absolute atomic E-state index is 4.50. The van der Waals surface area contributed by atoms with Crippen LogP contribution in [0.3, 0.4) is 0 Å². The van der Waals surface area contributed by atoms with E-state index >= 15 is 0 Å². The first-order valence-corrected chi connectivity index (χ1v) is 8.03. The van der Waals surface area contributed by atoms with Crippen molar-refractivity contribution in [1.82, 2.24) is 9.97 Å². The van der Waals surface area contributed by atoms with Crippen molar-refractivity contribution in [3.8, 4) is 0 Å². The molecule has 1 fully saturated rings. The fourth-order valence-electron chi connectivity index (χ4n) is 2.87. The van der Waals surface area contributed by atoms with E-state index in [1.54, 1.807) is 17.7 Å². The smallest absolute Gasteiger partial charge is 0.140 e. The third kappa shape index (κ3) is 2.45. The van der Waals surface area contributed by atoms with Crippen LogP contribution in [0, 0.1) is 0 Å². The summed E-state index contributed by atoms with van der Waals surface area (Å²) in [5.41, 5.74) is 1.19. The molecule has 1 atom stereocenters. The molecule has 1 saturated heterocycles. The third-order valence-corrected chi connectivity index (χ3v) is 4.69. The van der Waals surface area contributed by atoms with Crippen LogP contribution < -0.4 is 10.2 Å². The fourth-order valence-corrected chi connectivity index (χ4v) is 3.60. The predicted octanol–water partition coefficient (Wildman–Crippen LogP) is 3.38. The summed E-state index contributed by atoms with van der Waals surface area (Å²) in [6.45, 7) is 2.02. The van der Waals surface area contributed by atoms with Crippen molar-refractivity contribution in [2.75, 3.05) is 23.3 Å². The molecule has 2 aromatic heterocycles. The number of aromatic nitrogens is 2. The normalized spacial score (nSPS) is 18.3. The van der Waals surface area contributed by atoms with Crippen molar-refractivity contribution in [3.63, 3.8) is 0 Å². The number of benzene rings is 1. The zero-order chi connectivity index (χ0) is 14.1. The Morgan fingerprint density at radius 2 is 2.05 bits per heavy atom. The van der Waals surface area contributed by atoms with E-state index in [0.717, 1.165) is 30.2 Å². The first kappa shape index (κ1) is 12.6. The molecule has 5 heteroatoms. The van der Waals surface area contributed by atoms with Gasteiger partial charge in [-0.2, -0.15) is 0 Å². The topological polar surface area (TPSA) is 41.0 Å². The van der Waals surface area contributed by atoms with Crippen molar-refractivity contribution in [3.05, 3.63) is 48.1 Å². The molecule has 4 rings (SSSR count). The minimum Gasteiger partial charge on any atom is -0.380 e. The van der Waals surface area contributed by atoms with Gasteiger partial charge in [0, 0.05) is 24.8 Å². The quantitative estimate of drug-likeness (QED) is 0.804. The summed E-state index contributed by atoms with van der Waals surface area (Å²) in [5.74, 6) is 1.07. The van der Waals surface area contributed by atoms with Gasteiger partial charge in [-0.25, -0.2) is 9.97 Å². The van der Waals surface area contributed by atoms with Crippen LogP contribution in [0.25, 0.3) is 10.2 Å². The Hall–Kier alpha value is -2.14. The molecule has 21 heavy (non-hydrogen) atoms. The Morgan fingerprint density at radius 3 is 2.95 bits per heavy atom. The number of hydrogen-bond acceptors (Lipinski definition) is 5. The molecule has 0 spiro atoms. The Bertz CT molecular complexity index is 740. The summed E-state index contributed by atoms with van der Waals surface area (Å²) >= 11 is 1.67. The number of hydrogen-bond donors (Lipinski definition) is 1. The van der Waals surface area contributed by atoms with Gasteiger partial charge in [-0.05, 0) is 30.0 Å². The predicted molar refractivity (Wildman–Crippen MR) is 88.1 cm³/mol. The van der Waals surface area contributed by atoms with Gasteiger partial charge in [0.15, 0.2) is 0 Å². The van der Waals surface area contributed by atoms with Crippen molar-refractivity contribution < 1.29 is 0 Å². The van der Waals surface area contributed by atoms with Gasteiger partial charge >= 0.3 is 0 Å². The highest BCUT2D eigenvalue weighted by Crippen LogP contribution is 2.29. The van der Waals surface area contributed by atoms with Gasteiger partial charge in [0.2, 0.25) is 0 Å². The summed E-state index contributed by atoms with van der Waals surface area (Å²) in [7, 11) is 0. The van der Waals surface area contributed by atoms with Crippen LogP contribution in [0.2, 0.25) is 0 Å². The molecule has 0 amide bonds. The van der Waals surface area contributed by atoms with Crippen LogP contribution in [0.5, 0.6) is 0 Å². The zero-order valence-corrected chi connectivity index (χ0v) is 12.4. The largest absolute Gasteiger partial charge is 0.380 e. The second-order valence-electron chi connectivity index (χ2n) is 5.28. The average molecular weight is 296 g/mol. The molecule has 3 heterocycles. The van der Waals surface area contributed by atoms with Gasteiger partial charge in [-0.15, -0.1) is 11.3 Å². The van der Waals surface area contributed by atoms with Gasteiger partial charge in [-0.1, -0.05) is 18.2 Å². The van der Waals surface area contributed by atoms with E-state index in [4.69, 9.17) is 0 Å². The van der Waals surface area contributed by atoms with Crippen molar-refractivity contribution in [2.24, 2.45) is 0 Å². The van der Waals surface area contributed by atoms with Gasteiger partial charge in [0.25, 0.3) is 0 Å². The summed E-state index contributed by atoms with van der Waals surface area (Å²) in [6.07, 6.45) is 2.80. The Kier molecular flexibility index (Phi) is 3.20. The van der Waals surface area contributed by atoms with Crippen molar-refractivity contribution >= 4 is 33.1 Å². The molecule has 106 valence electrons. The monoisotopic (exact) mass is 296 g/mol. The Balaban J connectivity index is 1.52. The number of anilines is 2. The number of nitrogens with one attached hydrogen (secondary N) is 1. The third-order valence-electron chi connectivity index (χ3n) is 3.87. The maximum Gasteiger partial charge on any atom is 0.140 e. The molecule has 3 aromatic rings. The van der Waals surface area contributed by atoms with E-state index in [-0.39, 0.29) is 0 Å². The van der Waals surface area contributed by atoms with Gasteiger partial charge in [0.05, 0.1) is 5.39 Å². The maximum atomic E-state index is 4.50. The lowest BCUT2D eigenvalue weighted by atomic mass is 10.2. The van der Waals surface area contributed by atoms with Crippen LogP contribution in [0.15, 0.2) is 48.1 Å². The van der Waals surface area contributed by atoms with Gasteiger partial charge in [0.1, 0.15) is 17.0 Å². The number of para-hydroxylation sites is 1. The summed E-state index contributed by atoms with van der Waals surface area (Å²) in [4.78, 5) is 12.2. The lowest BCUT2D eigenvalue weighted by molar-refractivity contribution is 0.806. The van der Waals surface area contributed by atoms with Crippen LogP contribution in [-0.4, -0.2) is 29.1 Å². The summed E-state index contributed by atoms with van der Waals surface area (Å²) in [5, 5.41) is 6.85. The first-order valence-electron chi connectivity index (χ1n) is 7.15. The molecule has 1 aliphatic rings. The van der Waals surface area contributed by atoms with Crippen LogP contribution in [0.4, 0.5) is 11.5 Å². The van der Waals surface area contributed by atoms with E-state index < -0.39 is 0 Å². The van der Waals surface area contributed by atoms with Crippen molar-refractivity contribution in [1.29, 1.82) is 0 Å². The van der Waals surface area contributed by atoms with Gasteiger partial charge < -0.3 is 10.2 Å². The molecule has 0 bridgehead atoms. The van der Waals surface area contributed by atoms with E-state index in [0.29, 0.717) is 6.04 Å². The van der Waals surface area contributed by atoms with Crippen LogP contribution >= 0.6 is 11.3 Å². The molecule has 0 aliphatic carbocycles. The highest BCUT2D eigenvalue weighted by atomic mass is 32.1. The molecule has 0 unspecified atom stereocenters. The van der Waals surface area contributed by atoms with Crippen molar-refractivity contribution in [2.45, 2.75) is 12.5 Å². The standard InChI is InChI=1S/C16H16N4S/c1-2-4-12(5-3-1)19-13-6-8-20(10-13)15-14-7-9-21-16(14)18-11-17-15/h1-5,7,9,11,13,19H,6,8,10H2/t13-/m0/s1. The minimum absolute atomic E-state index is 0.469. The number of fused-ring (bicyclic) bond motifs is 1. The summed E-state index contributed by atoms with van der Waals surface area (Å²) in [6, 6.07) is 13.0. The van der Waals surface area contributed by atoms with E-state index in [9.17, 15) is 0 Å². The second kappa shape index (κ2) is 5.33. The number of rotatable bonds is 3. The highest BCUT2D eigenvalue weighted by Gasteiger charge is 2.24. The second-order valence-corrected chi connectivity index (χ2v) is 6.17. The van der Waals surface area contributed by atoms with E-state index in [1.807, 2.05) is 6.07 Å². The van der Waals surface area contributed by atoms with E-state index in [2.05, 4.69) is 55.9 Å². The van der Waals surface area contributed by atoms with Crippen LogP contribution in [0.1, 0.15) is 6.42 Å². The molecule has 0 radical (unpaired) electrons. The molecule has 1 aliphatic heterocycles. The zero-order valence-electron chi connectivity index (χ0n) is 11.6. The van der Waals surface area contributed by atoms with Crippen LogP contribution in [-0.2, 0) is 0 Å². The minimum atomic E-state index is 0.469. The molecular weight excluding hydrogens is 280 g/mol. The fraction of sp³-hybridized carbons (Fsp3) is 0.250. The first-order chi connectivity index (χ1) is 10.4. The van der Waals surface area contributed by atoms with Gasteiger partial charge in [-0.3, -0.25) is 0 Å². The lowest BCUT2D eigenvalue weighted by Gasteiger charge is -2.19.